The molecule has 0 saturated carbocycles. The second-order valence-corrected chi connectivity index (χ2v) is 4.47. The van der Waals surface area contributed by atoms with E-state index in [1.165, 1.54) is 18.2 Å². The van der Waals surface area contributed by atoms with Gasteiger partial charge in [0, 0.05) is 9.50 Å². The number of alkyl halides is 3. The number of benzene rings is 1. The van der Waals surface area contributed by atoms with Crippen LogP contribution in [0.25, 0.3) is 0 Å². The normalized spacial score (nSPS) is 15.9. The van der Waals surface area contributed by atoms with Crippen molar-refractivity contribution >= 4 is 27.5 Å². The first-order valence-corrected chi connectivity index (χ1v) is 5.36. The van der Waals surface area contributed by atoms with Crippen LogP contribution in [0.1, 0.15) is 11.6 Å². The molecule has 16 heavy (non-hydrogen) atoms. The van der Waals surface area contributed by atoms with E-state index in [1.54, 1.807) is 0 Å². The zero-order valence-electron chi connectivity index (χ0n) is 7.80. The van der Waals surface area contributed by atoms with Crippen LogP contribution in [0.2, 0.25) is 5.02 Å². The first-order valence-electron chi connectivity index (χ1n) is 4.19. The van der Waals surface area contributed by atoms with Crippen LogP contribution >= 0.6 is 27.5 Å². The van der Waals surface area contributed by atoms with Gasteiger partial charge in [-0.3, -0.25) is 0 Å². The van der Waals surface area contributed by atoms with Gasteiger partial charge in [0.15, 0.2) is 6.10 Å². The van der Waals surface area contributed by atoms with E-state index in [0.717, 1.165) is 0 Å². The molecule has 1 aromatic carbocycles. The molecule has 0 spiro atoms. The summed E-state index contributed by atoms with van der Waals surface area (Å²) in [5.74, 6) is 0. The molecule has 0 saturated heterocycles. The van der Waals surface area contributed by atoms with E-state index >= 15 is 0 Å². The van der Waals surface area contributed by atoms with E-state index < -0.39 is 18.3 Å². The van der Waals surface area contributed by atoms with Gasteiger partial charge in [-0.25, -0.2) is 0 Å². The Labute approximate surface area is 103 Å². The highest BCUT2D eigenvalue weighted by Gasteiger charge is 2.43. The van der Waals surface area contributed by atoms with Crippen LogP contribution in [0.3, 0.4) is 0 Å². The van der Waals surface area contributed by atoms with Crippen molar-refractivity contribution < 1.29 is 18.3 Å². The Balaban J connectivity index is 3.01. The van der Waals surface area contributed by atoms with Crippen LogP contribution in [-0.4, -0.2) is 17.4 Å². The third-order valence-electron chi connectivity index (χ3n) is 2.00. The third kappa shape index (κ3) is 3.10. The minimum Gasteiger partial charge on any atom is -0.382 e. The summed E-state index contributed by atoms with van der Waals surface area (Å²) in [6, 6.07) is 2.61. The molecule has 0 aliphatic rings. The molecule has 0 fully saturated rings. The van der Waals surface area contributed by atoms with Gasteiger partial charge in [0.05, 0.1) is 6.04 Å². The molecule has 0 aromatic heterocycles. The van der Waals surface area contributed by atoms with Crippen LogP contribution in [0.5, 0.6) is 0 Å². The Kier molecular flexibility index (Phi) is 4.23. The SMILES string of the molecule is N[C@H](c1ccc(Cl)cc1Br)[C@@H](O)C(F)(F)F. The van der Waals surface area contributed by atoms with Crippen molar-refractivity contribution in [2.45, 2.75) is 18.3 Å². The molecular weight excluding hydrogens is 310 g/mol. The van der Waals surface area contributed by atoms with Gasteiger partial charge in [0.2, 0.25) is 0 Å². The third-order valence-corrected chi connectivity index (χ3v) is 2.92. The van der Waals surface area contributed by atoms with E-state index in [4.69, 9.17) is 22.4 Å². The summed E-state index contributed by atoms with van der Waals surface area (Å²) in [4.78, 5) is 0. The summed E-state index contributed by atoms with van der Waals surface area (Å²) < 4.78 is 37.0. The molecule has 2 atom stereocenters. The van der Waals surface area contributed by atoms with Gasteiger partial charge in [0.25, 0.3) is 0 Å². The lowest BCUT2D eigenvalue weighted by Crippen LogP contribution is -2.39. The molecule has 0 aliphatic carbocycles. The highest BCUT2D eigenvalue weighted by molar-refractivity contribution is 9.10. The van der Waals surface area contributed by atoms with Crippen molar-refractivity contribution in [1.82, 2.24) is 0 Å². The average Bonchev–Trinajstić information content (AvgIpc) is 2.14. The highest BCUT2D eigenvalue weighted by atomic mass is 79.9. The summed E-state index contributed by atoms with van der Waals surface area (Å²) in [6.07, 6.45) is -7.36. The van der Waals surface area contributed by atoms with E-state index in [-0.39, 0.29) is 5.56 Å². The van der Waals surface area contributed by atoms with Gasteiger partial charge < -0.3 is 10.8 Å². The van der Waals surface area contributed by atoms with Crippen molar-refractivity contribution in [2.24, 2.45) is 5.73 Å². The standard InChI is InChI=1S/C9H8BrClF3NO/c10-6-3-4(11)1-2-5(6)7(15)8(16)9(12,13)14/h1-3,7-8,16H,15H2/t7-,8-/m1/s1. The van der Waals surface area contributed by atoms with Gasteiger partial charge in [-0.05, 0) is 17.7 Å². The lowest BCUT2D eigenvalue weighted by atomic mass is 10.0. The van der Waals surface area contributed by atoms with Gasteiger partial charge in [0.1, 0.15) is 0 Å². The Hall–Kier alpha value is -0.300. The maximum atomic E-state index is 12.2. The molecule has 2 nitrogen and oxygen atoms in total. The van der Waals surface area contributed by atoms with Crippen LogP contribution < -0.4 is 5.73 Å². The van der Waals surface area contributed by atoms with Crippen molar-refractivity contribution in [3.05, 3.63) is 33.3 Å². The summed E-state index contributed by atoms with van der Waals surface area (Å²) in [5.41, 5.74) is 5.48. The van der Waals surface area contributed by atoms with Crippen molar-refractivity contribution in [1.29, 1.82) is 0 Å². The molecule has 0 bridgehead atoms. The topological polar surface area (TPSA) is 46.2 Å². The minimum absolute atomic E-state index is 0.147. The van der Waals surface area contributed by atoms with Crippen LogP contribution in [0.4, 0.5) is 13.2 Å². The summed E-state index contributed by atoms with van der Waals surface area (Å²) in [5, 5.41) is 9.36. The summed E-state index contributed by atoms with van der Waals surface area (Å²) in [7, 11) is 0. The zero-order valence-corrected chi connectivity index (χ0v) is 10.1. The molecule has 0 unspecified atom stereocenters. The van der Waals surface area contributed by atoms with Crippen LogP contribution in [0.15, 0.2) is 22.7 Å². The molecule has 0 aliphatic heterocycles. The van der Waals surface area contributed by atoms with Crippen molar-refractivity contribution in [3.8, 4) is 0 Å². The Morgan fingerprint density at radius 3 is 2.38 bits per heavy atom. The molecule has 0 heterocycles. The Morgan fingerprint density at radius 1 is 1.38 bits per heavy atom. The lowest BCUT2D eigenvalue weighted by Gasteiger charge is -2.22. The van der Waals surface area contributed by atoms with Gasteiger partial charge in [-0.2, -0.15) is 13.2 Å². The molecule has 1 aromatic rings. The number of aliphatic hydroxyl groups excluding tert-OH is 1. The number of hydrogen-bond donors (Lipinski definition) is 2. The predicted octanol–water partition coefficient (Wildman–Crippen LogP) is 3.03. The van der Waals surface area contributed by atoms with Gasteiger partial charge in [-0.1, -0.05) is 33.6 Å². The maximum absolute atomic E-state index is 12.2. The largest absolute Gasteiger partial charge is 0.416 e. The van der Waals surface area contributed by atoms with E-state index in [0.29, 0.717) is 9.50 Å². The number of rotatable bonds is 2. The fourth-order valence-electron chi connectivity index (χ4n) is 1.15. The molecule has 0 amide bonds. The monoisotopic (exact) mass is 317 g/mol. The number of nitrogens with two attached hydrogens (primary N) is 1. The smallest absolute Gasteiger partial charge is 0.382 e. The Bertz CT molecular complexity index is 386. The van der Waals surface area contributed by atoms with Crippen LogP contribution in [0, 0.1) is 0 Å². The molecule has 0 radical (unpaired) electrons. The average molecular weight is 319 g/mol. The second-order valence-electron chi connectivity index (χ2n) is 3.18. The molecule has 3 N–H and O–H groups in total. The molecular formula is C9H8BrClF3NO. The fourth-order valence-corrected chi connectivity index (χ4v) is 2.09. The zero-order chi connectivity index (χ0) is 12.5. The van der Waals surface area contributed by atoms with Gasteiger partial charge >= 0.3 is 6.18 Å². The summed E-state index contributed by atoms with van der Waals surface area (Å²) in [6.45, 7) is 0. The predicted molar refractivity (Wildman–Crippen MR) is 58.1 cm³/mol. The van der Waals surface area contributed by atoms with E-state index in [9.17, 15) is 13.2 Å². The molecule has 1 rings (SSSR count). The van der Waals surface area contributed by atoms with E-state index in [2.05, 4.69) is 15.9 Å². The van der Waals surface area contributed by atoms with E-state index in [1.807, 2.05) is 0 Å². The number of hydrogen-bond acceptors (Lipinski definition) is 2. The highest BCUT2D eigenvalue weighted by Crippen LogP contribution is 2.33. The quantitative estimate of drug-likeness (QED) is 0.880. The molecule has 90 valence electrons. The first kappa shape index (κ1) is 13.8. The van der Waals surface area contributed by atoms with Crippen LogP contribution in [-0.2, 0) is 0 Å². The van der Waals surface area contributed by atoms with Crippen molar-refractivity contribution in [2.75, 3.05) is 0 Å². The number of aliphatic hydroxyl groups is 1. The molecule has 7 heteroatoms. The lowest BCUT2D eigenvalue weighted by molar-refractivity contribution is -0.210. The first-order chi connectivity index (χ1) is 7.23. The Morgan fingerprint density at radius 2 is 1.94 bits per heavy atom. The number of halogens is 5. The minimum atomic E-state index is -4.75. The summed E-state index contributed by atoms with van der Waals surface area (Å²) >= 11 is 8.68. The second kappa shape index (κ2) is 4.91. The van der Waals surface area contributed by atoms with Gasteiger partial charge in [-0.15, -0.1) is 0 Å². The fraction of sp³-hybridized carbons (Fsp3) is 0.333. The maximum Gasteiger partial charge on any atom is 0.416 e. The van der Waals surface area contributed by atoms with Crippen molar-refractivity contribution in [3.63, 3.8) is 0 Å².